The zero-order valence-corrected chi connectivity index (χ0v) is 20.5. The third-order valence-electron chi connectivity index (χ3n) is 6.67. The Morgan fingerprint density at radius 2 is 1.91 bits per heavy atom. The number of anilines is 1. The van der Waals surface area contributed by atoms with Gasteiger partial charge in [-0.05, 0) is 43.4 Å². The van der Waals surface area contributed by atoms with Crippen molar-refractivity contribution < 1.29 is 9.59 Å². The van der Waals surface area contributed by atoms with E-state index in [-0.39, 0.29) is 18.0 Å². The number of urea groups is 1. The van der Waals surface area contributed by atoms with Gasteiger partial charge in [-0.1, -0.05) is 6.92 Å². The number of hydrogen-bond acceptors (Lipinski definition) is 6. The van der Waals surface area contributed by atoms with Crippen LogP contribution in [0.5, 0.6) is 0 Å². The topological polar surface area (TPSA) is 82.5 Å². The van der Waals surface area contributed by atoms with Crippen LogP contribution in [0.3, 0.4) is 0 Å². The molecule has 5 rings (SSSR count). The summed E-state index contributed by atoms with van der Waals surface area (Å²) in [5.74, 6) is 0.169. The Morgan fingerprint density at radius 1 is 1.12 bits per heavy atom. The first-order chi connectivity index (χ1) is 16.5. The Labute approximate surface area is 203 Å². The van der Waals surface area contributed by atoms with Crippen molar-refractivity contribution in [2.45, 2.75) is 43.8 Å². The zero-order chi connectivity index (χ0) is 23.8. The van der Waals surface area contributed by atoms with Crippen LogP contribution in [0.25, 0.3) is 22.3 Å². The summed E-state index contributed by atoms with van der Waals surface area (Å²) in [6.45, 7) is 3.71. The molecule has 2 aliphatic heterocycles. The standard InChI is InChI=1S/C25H28N6O2S/c1-4-22(32)30-11-9-18(10-12-30)31-24-17(15-29(2)25(31)33)14-26-20-7-6-19(28-23(20)24)16-5-8-21(34-3)27-13-16/h5-8,13-14,18H,4,9-12,15H2,1-3H3. The van der Waals surface area contributed by atoms with Crippen LogP contribution in [0.4, 0.5) is 10.5 Å². The average molecular weight is 477 g/mol. The van der Waals surface area contributed by atoms with E-state index in [1.165, 1.54) is 0 Å². The van der Waals surface area contributed by atoms with Gasteiger partial charge < -0.3 is 9.80 Å². The molecule has 9 heteroatoms. The Hall–Kier alpha value is -3.20. The van der Waals surface area contributed by atoms with Gasteiger partial charge in [0.05, 0.1) is 28.5 Å². The second-order valence-electron chi connectivity index (χ2n) is 8.76. The highest BCUT2D eigenvalue weighted by Gasteiger charge is 2.37. The first-order valence-corrected chi connectivity index (χ1v) is 12.8. The first-order valence-electron chi connectivity index (χ1n) is 11.6. The Bertz CT molecular complexity index is 1240. The molecule has 2 aliphatic rings. The molecule has 8 nitrogen and oxygen atoms in total. The molecule has 0 aromatic carbocycles. The third kappa shape index (κ3) is 3.98. The fourth-order valence-corrected chi connectivity index (χ4v) is 5.19. The van der Waals surface area contributed by atoms with Crippen molar-refractivity contribution >= 4 is 40.4 Å². The maximum Gasteiger partial charge on any atom is 0.324 e. The molecule has 1 fully saturated rings. The monoisotopic (exact) mass is 476 g/mol. The van der Waals surface area contributed by atoms with Gasteiger partial charge in [0.15, 0.2) is 0 Å². The van der Waals surface area contributed by atoms with E-state index in [9.17, 15) is 9.59 Å². The number of carbonyl (C=O) groups is 2. The highest BCUT2D eigenvalue weighted by atomic mass is 32.2. The van der Waals surface area contributed by atoms with Crippen molar-refractivity contribution in [3.63, 3.8) is 0 Å². The number of carbonyl (C=O) groups excluding carboxylic acids is 2. The molecule has 3 aromatic heterocycles. The summed E-state index contributed by atoms with van der Waals surface area (Å²) in [6, 6.07) is 7.90. The van der Waals surface area contributed by atoms with Gasteiger partial charge in [0.25, 0.3) is 0 Å². The first kappa shape index (κ1) is 22.6. The molecule has 34 heavy (non-hydrogen) atoms. The Kier molecular flexibility index (Phi) is 6.12. The van der Waals surface area contributed by atoms with Gasteiger partial charge in [-0.2, -0.15) is 0 Å². The number of fused-ring (bicyclic) bond motifs is 3. The van der Waals surface area contributed by atoms with Crippen molar-refractivity contribution in [1.29, 1.82) is 0 Å². The predicted octanol–water partition coefficient (Wildman–Crippen LogP) is 4.19. The molecule has 5 heterocycles. The van der Waals surface area contributed by atoms with E-state index in [1.807, 2.05) is 66.7 Å². The number of pyridine rings is 3. The smallest absolute Gasteiger partial charge is 0.324 e. The van der Waals surface area contributed by atoms with Gasteiger partial charge in [-0.25, -0.2) is 14.8 Å². The molecule has 0 bridgehead atoms. The van der Waals surface area contributed by atoms with E-state index in [0.717, 1.165) is 51.4 Å². The Balaban J connectivity index is 1.57. The van der Waals surface area contributed by atoms with Crippen molar-refractivity contribution in [1.82, 2.24) is 24.8 Å². The average Bonchev–Trinajstić information content (AvgIpc) is 2.89. The van der Waals surface area contributed by atoms with Gasteiger partial charge in [0.1, 0.15) is 5.52 Å². The van der Waals surface area contributed by atoms with Gasteiger partial charge >= 0.3 is 6.03 Å². The number of thioether (sulfide) groups is 1. The number of amides is 3. The molecular weight excluding hydrogens is 448 g/mol. The van der Waals surface area contributed by atoms with E-state index < -0.39 is 0 Å². The highest BCUT2D eigenvalue weighted by Crippen LogP contribution is 2.37. The summed E-state index contributed by atoms with van der Waals surface area (Å²) in [5, 5.41) is 0.955. The predicted molar refractivity (Wildman–Crippen MR) is 134 cm³/mol. The van der Waals surface area contributed by atoms with Crippen molar-refractivity contribution in [2.24, 2.45) is 0 Å². The van der Waals surface area contributed by atoms with Crippen LogP contribution >= 0.6 is 11.8 Å². The van der Waals surface area contributed by atoms with Crippen LogP contribution < -0.4 is 4.90 Å². The van der Waals surface area contributed by atoms with Crippen LogP contribution in [0.1, 0.15) is 31.7 Å². The summed E-state index contributed by atoms with van der Waals surface area (Å²) in [5.41, 5.74) is 5.06. The molecule has 0 saturated carbocycles. The number of likely N-dealkylation sites (tertiary alicyclic amines) is 1. The molecule has 0 N–H and O–H groups in total. The zero-order valence-electron chi connectivity index (χ0n) is 19.7. The lowest BCUT2D eigenvalue weighted by Gasteiger charge is -2.43. The van der Waals surface area contributed by atoms with Crippen molar-refractivity contribution in [3.8, 4) is 11.3 Å². The van der Waals surface area contributed by atoms with Crippen LogP contribution in [0.2, 0.25) is 0 Å². The summed E-state index contributed by atoms with van der Waals surface area (Å²) < 4.78 is 0. The molecule has 176 valence electrons. The molecule has 1 saturated heterocycles. The summed E-state index contributed by atoms with van der Waals surface area (Å²) in [6.07, 6.45) is 7.69. The van der Waals surface area contributed by atoms with Gasteiger partial charge in [0, 0.05) is 56.1 Å². The van der Waals surface area contributed by atoms with Gasteiger partial charge in [-0.15, -0.1) is 11.8 Å². The summed E-state index contributed by atoms with van der Waals surface area (Å²) in [7, 11) is 1.82. The molecule has 0 spiro atoms. The molecule has 0 unspecified atom stereocenters. The van der Waals surface area contributed by atoms with E-state index in [0.29, 0.717) is 26.1 Å². The summed E-state index contributed by atoms with van der Waals surface area (Å²) in [4.78, 5) is 45.3. The van der Waals surface area contributed by atoms with E-state index in [2.05, 4.69) is 9.97 Å². The molecule has 0 aliphatic carbocycles. The quantitative estimate of drug-likeness (QED) is 0.525. The lowest BCUT2D eigenvalue weighted by molar-refractivity contribution is -0.131. The number of aromatic nitrogens is 3. The number of nitrogens with zero attached hydrogens (tertiary/aromatic N) is 6. The van der Waals surface area contributed by atoms with Crippen LogP contribution in [-0.2, 0) is 11.3 Å². The SMILES string of the molecule is CCC(=O)N1CCC(N2C(=O)N(C)Cc3cnc4ccc(-c5ccc(SC)nc5)nc4c32)CC1. The third-order valence-corrected chi connectivity index (χ3v) is 7.33. The van der Waals surface area contributed by atoms with Crippen LogP contribution in [0.15, 0.2) is 41.7 Å². The van der Waals surface area contributed by atoms with Crippen LogP contribution in [-0.4, -0.2) is 69.1 Å². The fraction of sp³-hybridized carbons (Fsp3) is 0.400. The van der Waals surface area contributed by atoms with Crippen LogP contribution in [0, 0.1) is 0 Å². The largest absolute Gasteiger partial charge is 0.343 e. The minimum Gasteiger partial charge on any atom is -0.343 e. The van der Waals surface area contributed by atoms with E-state index in [4.69, 9.17) is 4.98 Å². The molecule has 0 radical (unpaired) electrons. The maximum atomic E-state index is 13.4. The van der Waals surface area contributed by atoms with E-state index >= 15 is 0 Å². The minimum atomic E-state index is -0.0292. The van der Waals surface area contributed by atoms with Crippen molar-refractivity contribution in [2.75, 3.05) is 31.3 Å². The lowest BCUT2D eigenvalue weighted by Crippen LogP contribution is -2.54. The normalized spacial score (nSPS) is 16.8. The molecule has 0 atom stereocenters. The van der Waals surface area contributed by atoms with Gasteiger partial charge in [-0.3, -0.25) is 14.7 Å². The molecular formula is C25H28N6O2S. The van der Waals surface area contributed by atoms with Gasteiger partial charge in [0.2, 0.25) is 5.91 Å². The number of hydrogen-bond donors (Lipinski definition) is 0. The summed E-state index contributed by atoms with van der Waals surface area (Å²) >= 11 is 1.60. The second kappa shape index (κ2) is 9.21. The molecule has 3 amide bonds. The highest BCUT2D eigenvalue weighted by molar-refractivity contribution is 7.98. The fourth-order valence-electron chi connectivity index (χ4n) is 4.83. The minimum absolute atomic E-state index is 0.00786. The van der Waals surface area contributed by atoms with E-state index in [1.54, 1.807) is 16.7 Å². The maximum absolute atomic E-state index is 13.4. The number of rotatable bonds is 4. The van der Waals surface area contributed by atoms with Crippen molar-refractivity contribution in [3.05, 3.63) is 42.2 Å². The number of piperidine rings is 1. The Morgan fingerprint density at radius 3 is 2.59 bits per heavy atom. The molecule has 3 aromatic rings. The lowest BCUT2D eigenvalue weighted by atomic mass is 9.99. The second-order valence-corrected chi connectivity index (χ2v) is 9.59.